The first-order chi connectivity index (χ1) is 9.15. The first-order valence-corrected chi connectivity index (χ1v) is 6.63. The molecule has 2 heterocycles. The summed E-state index contributed by atoms with van der Waals surface area (Å²) in [6, 6.07) is 9.17. The van der Waals surface area contributed by atoms with Gasteiger partial charge in [0.2, 0.25) is 6.23 Å². The third-order valence-corrected chi connectivity index (χ3v) is 3.48. The summed E-state index contributed by atoms with van der Waals surface area (Å²) >= 11 is 3.34. The van der Waals surface area contributed by atoms with Gasteiger partial charge in [0.25, 0.3) is 5.91 Å². The van der Waals surface area contributed by atoms with Crippen LogP contribution in [0.5, 0.6) is 5.75 Å². The topological polar surface area (TPSA) is 51.2 Å². The summed E-state index contributed by atoms with van der Waals surface area (Å²) in [7, 11) is 0. The number of carbonyl (C=O) groups is 1. The van der Waals surface area contributed by atoms with Crippen LogP contribution >= 0.6 is 15.9 Å². The number of amides is 1. The number of benzene rings is 1. The van der Waals surface area contributed by atoms with E-state index in [0.29, 0.717) is 11.3 Å². The summed E-state index contributed by atoms with van der Waals surface area (Å²) in [5.41, 5.74) is 2.23. The fourth-order valence-corrected chi connectivity index (χ4v) is 2.39. The van der Waals surface area contributed by atoms with E-state index in [-0.39, 0.29) is 5.91 Å². The van der Waals surface area contributed by atoms with Crippen molar-refractivity contribution in [2.75, 3.05) is 0 Å². The summed E-state index contributed by atoms with van der Waals surface area (Å²) in [4.78, 5) is 16.4. The van der Waals surface area contributed by atoms with Crippen LogP contribution in [-0.2, 0) is 0 Å². The molecule has 0 fully saturated rings. The molecule has 1 aromatic heterocycles. The lowest BCUT2D eigenvalue weighted by Crippen LogP contribution is -2.37. The van der Waals surface area contributed by atoms with Gasteiger partial charge in [-0.25, -0.2) is 0 Å². The molecule has 1 amide bonds. The lowest BCUT2D eigenvalue weighted by atomic mass is 10.1. The normalized spacial score (nSPS) is 17.4. The minimum atomic E-state index is -0.539. The Morgan fingerprint density at radius 1 is 1.37 bits per heavy atom. The molecule has 1 aliphatic heterocycles. The molecule has 96 valence electrons. The molecule has 0 saturated carbocycles. The highest BCUT2D eigenvalue weighted by atomic mass is 79.9. The van der Waals surface area contributed by atoms with Gasteiger partial charge in [-0.15, -0.1) is 0 Å². The third-order valence-electron chi connectivity index (χ3n) is 2.99. The standard InChI is InChI=1S/C14H11BrN2O2/c1-8-3-2-6-16-12(8)14-17-13(18)10-7-9(15)4-5-11(10)19-14/h2-7,14H,1H3,(H,17,18). The second kappa shape index (κ2) is 4.66. The van der Waals surface area contributed by atoms with Crippen molar-refractivity contribution < 1.29 is 9.53 Å². The molecule has 0 spiro atoms. The van der Waals surface area contributed by atoms with E-state index in [1.54, 1.807) is 18.3 Å². The molecule has 1 aromatic carbocycles. The minimum absolute atomic E-state index is 0.155. The van der Waals surface area contributed by atoms with Crippen molar-refractivity contribution in [3.05, 3.63) is 57.8 Å². The van der Waals surface area contributed by atoms with E-state index < -0.39 is 6.23 Å². The van der Waals surface area contributed by atoms with Gasteiger partial charge >= 0.3 is 0 Å². The number of nitrogens with one attached hydrogen (secondary N) is 1. The minimum Gasteiger partial charge on any atom is -0.464 e. The summed E-state index contributed by atoms with van der Waals surface area (Å²) in [5, 5.41) is 2.81. The van der Waals surface area contributed by atoms with Crippen LogP contribution in [0.15, 0.2) is 41.0 Å². The summed E-state index contributed by atoms with van der Waals surface area (Å²) in [6.07, 6.45) is 1.15. The highest BCUT2D eigenvalue weighted by molar-refractivity contribution is 9.10. The van der Waals surface area contributed by atoms with Crippen LogP contribution < -0.4 is 10.1 Å². The number of hydrogen-bond donors (Lipinski definition) is 1. The average Bonchev–Trinajstić information content (AvgIpc) is 2.40. The summed E-state index contributed by atoms with van der Waals surface area (Å²) < 4.78 is 6.65. The fraction of sp³-hybridized carbons (Fsp3) is 0.143. The Balaban J connectivity index is 2.00. The Morgan fingerprint density at radius 3 is 3.00 bits per heavy atom. The second-order valence-corrected chi connectivity index (χ2v) is 5.23. The van der Waals surface area contributed by atoms with Gasteiger partial charge in [-0.2, -0.15) is 0 Å². The predicted molar refractivity (Wildman–Crippen MR) is 74.0 cm³/mol. The average molecular weight is 319 g/mol. The Labute approximate surface area is 118 Å². The SMILES string of the molecule is Cc1cccnc1C1NC(=O)c2cc(Br)ccc2O1. The Bertz CT molecular complexity index is 658. The third kappa shape index (κ3) is 2.21. The number of hydrogen-bond acceptors (Lipinski definition) is 3. The van der Waals surface area contributed by atoms with Crippen molar-refractivity contribution in [2.45, 2.75) is 13.2 Å². The van der Waals surface area contributed by atoms with Crippen LogP contribution in [-0.4, -0.2) is 10.9 Å². The molecule has 5 heteroatoms. The van der Waals surface area contributed by atoms with Crippen molar-refractivity contribution in [1.29, 1.82) is 0 Å². The highest BCUT2D eigenvalue weighted by Crippen LogP contribution is 2.31. The predicted octanol–water partition coefficient (Wildman–Crippen LogP) is 2.97. The van der Waals surface area contributed by atoms with Crippen LogP contribution in [0.2, 0.25) is 0 Å². The smallest absolute Gasteiger partial charge is 0.258 e. The molecular formula is C14H11BrN2O2. The van der Waals surface area contributed by atoms with Gasteiger partial charge < -0.3 is 10.1 Å². The number of aromatic nitrogens is 1. The van der Waals surface area contributed by atoms with Crippen LogP contribution in [0.1, 0.15) is 27.8 Å². The van der Waals surface area contributed by atoms with E-state index in [0.717, 1.165) is 15.7 Å². The molecule has 0 bridgehead atoms. The maximum atomic E-state index is 12.1. The van der Waals surface area contributed by atoms with Crippen LogP contribution in [0.4, 0.5) is 0 Å². The van der Waals surface area contributed by atoms with Crippen LogP contribution in [0, 0.1) is 6.92 Å². The Hall–Kier alpha value is -1.88. The first-order valence-electron chi connectivity index (χ1n) is 5.84. The monoisotopic (exact) mass is 318 g/mol. The van der Waals surface area contributed by atoms with Crippen LogP contribution in [0.3, 0.4) is 0 Å². The fourth-order valence-electron chi connectivity index (χ4n) is 2.03. The number of aryl methyl sites for hydroxylation is 1. The number of fused-ring (bicyclic) bond motifs is 1. The van der Waals surface area contributed by atoms with E-state index >= 15 is 0 Å². The Morgan fingerprint density at radius 2 is 2.21 bits per heavy atom. The van der Waals surface area contributed by atoms with Gasteiger partial charge in [-0.1, -0.05) is 22.0 Å². The molecular weight excluding hydrogens is 308 g/mol. The number of halogens is 1. The number of rotatable bonds is 1. The van der Waals surface area contributed by atoms with E-state index in [2.05, 4.69) is 26.2 Å². The lowest BCUT2D eigenvalue weighted by molar-refractivity contribution is 0.0747. The molecule has 3 rings (SSSR count). The number of carbonyl (C=O) groups excluding carboxylic acids is 1. The zero-order valence-corrected chi connectivity index (χ0v) is 11.8. The molecule has 1 N–H and O–H groups in total. The molecule has 0 aliphatic carbocycles. The van der Waals surface area contributed by atoms with Crippen molar-refractivity contribution in [3.8, 4) is 5.75 Å². The zero-order valence-electron chi connectivity index (χ0n) is 10.2. The maximum Gasteiger partial charge on any atom is 0.258 e. The molecule has 0 saturated heterocycles. The van der Waals surface area contributed by atoms with Gasteiger partial charge in [0.15, 0.2) is 0 Å². The number of pyridine rings is 1. The highest BCUT2D eigenvalue weighted by Gasteiger charge is 2.28. The van der Waals surface area contributed by atoms with Crippen molar-refractivity contribution >= 4 is 21.8 Å². The van der Waals surface area contributed by atoms with Gasteiger partial charge in [0, 0.05) is 10.7 Å². The summed E-state index contributed by atoms with van der Waals surface area (Å²) in [5.74, 6) is 0.416. The molecule has 1 atom stereocenters. The van der Waals surface area contributed by atoms with Crippen molar-refractivity contribution in [1.82, 2.24) is 10.3 Å². The van der Waals surface area contributed by atoms with E-state index in [9.17, 15) is 4.79 Å². The zero-order chi connectivity index (χ0) is 13.4. The van der Waals surface area contributed by atoms with E-state index in [1.165, 1.54) is 0 Å². The maximum absolute atomic E-state index is 12.1. The molecule has 19 heavy (non-hydrogen) atoms. The first kappa shape index (κ1) is 12.2. The summed E-state index contributed by atoms with van der Waals surface area (Å²) in [6.45, 7) is 1.94. The van der Waals surface area contributed by atoms with Gasteiger partial charge in [0.05, 0.1) is 5.56 Å². The van der Waals surface area contributed by atoms with E-state index in [1.807, 2.05) is 25.1 Å². The largest absolute Gasteiger partial charge is 0.464 e. The second-order valence-electron chi connectivity index (χ2n) is 4.32. The number of nitrogens with zero attached hydrogens (tertiary/aromatic N) is 1. The van der Waals surface area contributed by atoms with E-state index in [4.69, 9.17) is 4.74 Å². The van der Waals surface area contributed by atoms with Crippen LogP contribution in [0.25, 0.3) is 0 Å². The Kier molecular flexibility index (Phi) is 2.98. The molecule has 0 radical (unpaired) electrons. The van der Waals surface area contributed by atoms with Crippen molar-refractivity contribution in [2.24, 2.45) is 0 Å². The van der Waals surface area contributed by atoms with Gasteiger partial charge in [0.1, 0.15) is 11.4 Å². The quantitative estimate of drug-likeness (QED) is 0.879. The van der Waals surface area contributed by atoms with Gasteiger partial charge in [-0.05, 0) is 36.8 Å². The van der Waals surface area contributed by atoms with Crippen molar-refractivity contribution in [3.63, 3.8) is 0 Å². The molecule has 4 nitrogen and oxygen atoms in total. The molecule has 2 aromatic rings. The van der Waals surface area contributed by atoms with Gasteiger partial charge in [-0.3, -0.25) is 9.78 Å². The molecule has 1 unspecified atom stereocenters. The lowest BCUT2D eigenvalue weighted by Gasteiger charge is -2.27. The molecule has 1 aliphatic rings. The number of ether oxygens (including phenoxy) is 1.